The first kappa shape index (κ1) is 10.9. The van der Waals surface area contributed by atoms with Crippen LogP contribution in [0.15, 0.2) is 15.9 Å². The molecule has 0 saturated carbocycles. The van der Waals surface area contributed by atoms with Crippen molar-refractivity contribution < 1.29 is 4.74 Å². The smallest absolute Gasteiger partial charge is 0.0965 e. The lowest BCUT2D eigenvalue weighted by molar-refractivity contribution is 0.0171. The van der Waals surface area contributed by atoms with Crippen LogP contribution in [0.25, 0.3) is 0 Å². The second-order valence-electron chi connectivity index (χ2n) is 3.77. The zero-order valence-corrected chi connectivity index (χ0v) is 11.1. The summed E-state index contributed by atoms with van der Waals surface area (Å²) in [5.41, 5.74) is -0.175. The summed E-state index contributed by atoms with van der Waals surface area (Å²) in [4.78, 5) is 1.18. The van der Waals surface area contributed by atoms with Crippen LogP contribution < -0.4 is 0 Å². The Morgan fingerprint density at radius 3 is 2.93 bits per heavy atom. The van der Waals surface area contributed by atoms with Gasteiger partial charge in [0.05, 0.1) is 14.8 Å². The molecule has 14 heavy (non-hydrogen) atoms. The number of halogens is 2. The van der Waals surface area contributed by atoms with E-state index in [2.05, 4.69) is 28.9 Å². The van der Waals surface area contributed by atoms with Crippen molar-refractivity contribution in [2.75, 3.05) is 6.61 Å². The molecule has 1 aromatic rings. The molecule has 2 atom stereocenters. The first-order valence-electron chi connectivity index (χ1n) is 4.65. The van der Waals surface area contributed by atoms with Gasteiger partial charge in [0.1, 0.15) is 0 Å². The van der Waals surface area contributed by atoms with Crippen molar-refractivity contribution in [2.45, 2.75) is 30.7 Å². The van der Waals surface area contributed by atoms with Crippen LogP contribution in [0, 0.1) is 0 Å². The van der Waals surface area contributed by atoms with Crippen LogP contribution in [0.4, 0.5) is 0 Å². The van der Waals surface area contributed by atoms with Gasteiger partial charge in [-0.05, 0) is 47.8 Å². The third-order valence-corrected chi connectivity index (χ3v) is 5.14. The van der Waals surface area contributed by atoms with Gasteiger partial charge in [-0.1, -0.05) is 0 Å². The van der Waals surface area contributed by atoms with Crippen LogP contribution in [0.1, 0.15) is 30.0 Å². The Bertz CT molecular complexity index is 320. The topological polar surface area (TPSA) is 9.23 Å². The highest BCUT2D eigenvalue weighted by Gasteiger charge is 2.38. The molecule has 0 spiro atoms. The van der Waals surface area contributed by atoms with Crippen LogP contribution in [-0.4, -0.2) is 12.2 Å². The number of ether oxygens (including phenoxy) is 1. The summed E-state index contributed by atoms with van der Waals surface area (Å²) in [5.74, 6) is 0. The number of rotatable bonds is 2. The first-order valence-corrected chi connectivity index (χ1v) is 6.70. The molecule has 0 aromatic carbocycles. The van der Waals surface area contributed by atoms with E-state index in [9.17, 15) is 0 Å². The van der Waals surface area contributed by atoms with Crippen LogP contribution in [0.5, 0.6) is 0 Å². The highest BCUT2D eigenvalue weighted by molar-refractivity contribution is 9.11. The summed E-state index contributed by atoms with van der Waals surface area (Å²) >= 11 is 11.6. The second kappa shape index (κ2) is 4.12. The predicted molar refractivity (Wildman–Crippen MR) is 64.2 cm³/mol. The Balaban J connectivity index is 2.18. The van der Waals surface area contributed by atoms with E-state index in [0.717, 1.165) is 23.2 Å². The highest BCUT2D eigenvalue weighted by atomic mass is 79.9. The average molecular weight is 296 g/mol. The van der Waals surface area contributed by atoms with Crippen molar-refractivity contribution in [1.29, 1.82) is 0 Å². The molecule has 1 aliphatic heterocycles. The summed E-state index contributed by atoms with van der Waals surface area (Å²) < 4.78 is 6.85. The summed E-state index contributed by atoms with van der Waals surface area (Å²) in [6, 6.07) is 4.10. The molecular formula is C10H12BrClOS. The normalized spacial score (nSPS) is 29.4. The molecule has 0 aliphatic carbocycles. The number of hydrogen-bond acceptors (Lipinski definition) is 2. The lowest BCUT2D eigenvalue weighted by atomic mass is 9.97. The summed E-state index contributed by atoms with van der Waals surface area (Å²) in [5, 5.41) is -0.0266. The Labute approximate surface area is 102 Å². The molecular weight excluding hydrogens is 284 g/mol. The zero-order chi connectivity index (χ0) is 10.2. The van der Waals surface area contributed by atoms with Gasteiger partial charge in [-0.2, -0.15) is 0 Å². The minimum atomic E-state index is -0.175. The maximum Gasteiger partial charge on any atom is 0.0965 e. The highest BCUT2D eigenvalue weighted by Crippen LogP contribution is 2.44. The van der Waals surface area contributed by atoms with Gasteiger partial charge in [-0.25, -0.2) is 0 Å². The SMILES string of the molecule is CC1(C(Cl)c2ccc(Br)s2)CCCO1. The molecule has 78 valence electrons. The zero-order valence-electron chi connectivity index (χ0n) is 7.93. The standard InChI is InChI=1S/C10H12BrClOS/c1-10(5-2-6-13-10)9(12)7-3-4-8(11)14-7/h3-4,9H,2,5-6H2,1H3. The van der Waals surface area contributed by atoms with Crippen LogP contribution >= 0.6 is 38.9 Å². The summed E-state index contributed by atoms with van der Waals surface area (Å²) in [7, 11) is 0. The third-order valence-electron chi connectivity index (χ3n) is 2.63. The van der Waals surface area contributed by atoms with Crippen molar-refractivity contribution >= 4 is 38.9 Å². The number of thiophene rings is 1. The minimum Gasteiger partial charge on any atom is -0.373 e. The van der Waals surface area contributed by atoms with Crippen LogP contribution in [-0.2, 0) is 4.74 Å². The van der Waals surface area contributed by atoms with Gasteiger partial charge in [-0.3, -0.25) is 0 Å². The van der Waals surface area contributed by atoms with E-state index in [-0.39, 0.29) is 11.0 Å². The molecule has 1 nitrogen and oxygen atoms in total. The second-order valence-corrected chi connectivity index (χ2v) is 6.70. The van der Waals surface area contributed by atoms with Gasteiger partial charge in [0, 0.05) is 11.5 Å². The first-order chi connectivity index (χ1) is 6.62. The molecule has 1 fully saturated rings. The predicted octanol–water partition coefficient (Wildman–Crippen LogP) is 4.36. The fourth-order valence-electron chi connectivity index (χ4n) is 1.77. The van der Waals surface area contributed by atoms with Gasteiger partial charge >= 0.3 is 0 Å². The molecule has 0 bridgehead atoms. The molecule has 0 amide bonds. The summed E-state index contributed by atoms with van der Waals surface area (Å²) in [6.07, 6.45) is 2.17. The lowest BCUT2D eigenvalue weighted by Gasteiger charge is -2.27. The molecule has 2 rings (SSSR count). The number of hydrogen-bond donors (Lipinski definition) is 0. The summed E-state index contributed by atoms with van der Waals surface area (Å²) in [6.45, 7) is 2.94. The number of alkyl halides is 1. The van der Waals surface area contributed by atoms with Crippen LogP contribution in [0.2, 0.25) is 0 Å². The molecule has 0 radical (unpaired) electrons. The van der Waals surface area contributed by atoms with Gasteiger partial charge in [0.2, 0.25) is 0 Å². The average Bonchev–Trinajstić information content (AvgIpc) is 2.74. The van der Waals surface area contributed by atoms with Crippen molar-refractivity contribution in [3.05, 3.63) is 20.8 Å². The Morgan fingerprint density at radius 2 is 2.43 bits per heavy atom. The van der Waals surface area contributed by atoms with Crippen molar-refractivity contribution in [2.24, 2.45) is 0 Å². The van der Waals surface area contributed by atoms with E-state index in [0.29, 0.717) is 0 Å². The van der Waals surface area contributed by atoms with E-state index in [1.807, 2.05) is 6.07 Å². The molecule has 4 heteroatoms. The van der Waals surface area contributed by atoms with E-state index in [1.165, 1.54) is 4.88 Å². The van der Waals surface area contributed by atoms with E-state index in [4.69, 9.17) is 16.3 Å². The lowest BCUT2D eigenvalue weighted by Crippen LogP contribution is -2.28. The maximum atomic E-state index is 6.43. The largest absolute Gasteiger partial charge is 0.373 e. The molecule has 0 N–H and O–H groups in total. The minimum absolute atomic E-state index is 0.0266. The Morgan fingerprint density at radius 1 is 1.64 bits per heavy atom. The molecule has 1 aromatic heterocycles. The Hall–Kier alpha value is 0.430. The Kier molecular flexibility index (Phi) is 3.22. The van der Waals surface area contributed by atoms with Gasteiger partial charge in [0.25, 0.3) is 0 Å². The van der Waals surface area contributed by atoms with E-state index < -0.39 is 0 Å². The molecule has 2 heterocycles. The monoisotopic (exact) mass is 294 g/mol. The molecule has 1 aliphatic rings. The van der Waals surface area contributed by atoms with Gasteiger partial charge < -0.3 is 4.74 Å². The van der Waals surface area contributed by atoms with Crippen molar-refractivity contribution in [3.63, 3.8) is 0 Å². The van der Waals surface area contributed by atoms with Gasteiger partial charge in [0.15, 0.2) is 0 Å². The quantitative estimate of drug-likeness (QED) is 0.737. The van der Waals surface area contributed by atoms with Crippen LogP contribution in [0.3, 0.4) is 0 Å². The fourth-order valence-corrected chi connectivity index (χ4v) is 3.69. The third kappa shape index (κ3) is 2.01. The van der Waals surface area contributed by atoms with Crippen molar-refractivity contribution in [3.8, 4) is 0 Å². The maximum absolute atomic E-state index is 6.43. The van der Waals surface area contributed by atoms with Crippen molar-refractivity contribution in [1.82, 2.24) is 0 Å². The van der Waals surface area contributed by atoms with E-state index >= 15 is 0 Å². The van der Waals surface area contributed by atoms with Gasteiger partial charge in [-0.15, -0.1) is 22.9 Å². The fraction of sp³-hybridized carbons (Fsp3) is 0.600. The molecule has 1 saturated heterocycles. The van der Waals surface area contributed by atoms with E-state index in [1.54, 1.807) is 11.3 Å². The molecule has 2 unspecified atom stereocenters.